The number of ketones is 2. The Balaban J connectivity index is 2.52. The molecule has 0 spiro atoms. The quantitative estimate of drug-likeness (QED) is 0.631. The topological polar surface area (TPSA) is 34.1 Å². The van der Waals surface area contributed by atoms with Gasteiger partial charge in [0.05, 0.1) is 0 Å². The van der Waals surface area contributed by atoms with Crippen LogP contribution in [0.4, 0.5) is 0 Å². The molecule has 0 heterocycles. The summed E-state index contributed by atoms with van der Waals surface area (Å²) in [7, 11) is 0. The molecule has 0 amide bonds. The molecule has 2 heteroatoms. The number of hydrogen-bond donors (Lipinski definition) is 0. The highest BCUT2D eigenvalue weighted by Gasteiger charge is 2.28. The van der Waals surface area contributed by atoms with Crippen LogP contribution in [0.2, 0.25) is 0 Å². The fraction of sp³-hybridized carbons (Fsp3) is 0.800. The molecule has 2 unspecified atom stereocenters. The van der Waals surface area contributed by atoms with Gasteiger partial charge < -0.3 is 4.79 Å². The van der Waals surface area contributed by atoms with Crippen LogP contribution in [-0.2, 0) is 9.59 Å². The predicted molar refractivity (Wildman–Crippen MR) is 46.8 cm³/mol. The van der Waals surface area contributed by atoms with Crippen LogP contribution in [0.15, 0.2) is 0 Å². The van der Waals surface area contributed by atoms with Crippen molar-refractivity contribution >= 4 is 11.6 Å². The van der Waals surface area contributed by atoms with Gasteiger partial charge in [0.2, 0.25) is 0 Å². The summed E-state index contributed by atoms with van der Waals surface area (Å²) >= 11 is 0. The van der Waals surface area contributed by atoms with E-state index in [-0.39, 0.29) is 17.6 Å². The van der Waals surface area contributed by atoms with E-state index in [9.17, 15) is 9.59 Å². The Morgan fingerprint density at radius 1 is 1.50 bits per heavy atom. The Kier molecular flexibility index (Phi) is 3.01. The lowest BCUT2D eigenvalue weighted by Crippen LogP contribution is -2.27. The Bertz CT molecular complexity index is 196. The van der Waals surface area contributed by atoms with Crippen molar-refractivity contribution in [2.75, 3.05) is 0 Å². The molecule has 1 saturated carbocycles. The van der Waals surface area contributed by atoms with Gasteiger partial charge in [-0.1, -0.05) is 13.3 Å². The summed E-state index contributed by atoms with van der Waals surface area (Å²) in [5.41, 5.74) is 0. The maximum Gasteiger partial charge on any atom is 0.139 e. The van der Waals surface area contributed by atoms with Crippen molar-refractivity contribution in [3.63, 3.8) is 0 Å². The molecular formula is C10H16O2. The molecule has 1 rings (SSSR count). The highest BCUT2D eigenvalue weighted by atomic mass is 16.1. The van der Waals surface area contributed by atoms with E-state index in [2.05, 4.69) is 0 Å². The van der Waals surface area contributed by atoms with Crippen LogP contribution in [0.3, 0.4) is 0 Å². The molecule has 2 nitrogen and oxygen atoms in total. The van der Waals surface area contributed by atoms with Gasteiger partial charge in [0.15, 0.2) is 0 Å². The Morgan fingerprint density at radius 2 is 2.17 bits per heavy atom. The summed E-state index contributed by atoms with van der Waals surface area (Å²) in [6.07, 6.45) is 3.49. The van der Waals surface area contributed by atoms with Crippen molar-refractivity contribution < 1.29 is 9.59 Å². The third-order valence-corrected chi connectivity index (χ3v) is 2.61. The van der Waals surface area contributed by atoms with E-state index in [1.807, 2.05) is 6.92 Å². The number of Topliss-reactive ketones (excluding diaryl/α,β-unsaturated/α-hetero) is 2. The molecule has 12 heavy (non-hydrogen) atoms. The minimum Gasteiger partial charge on any atom is -0.300 e. The van der Waals surface area contributed by atoms with E-state index in [0.29, 0.717) is 12.2 Å². The summed E-state index contributed by atoms with van der Waals surface area (Å²) in [6, 6.07) is 0. The summed E-state index contributed by atoms with van der Waals surface area (Å²) in [4.78, 5) is 22.3. The van der Waals surface area contributed by atoms with Gasteiger partial charge >= 0.3 is 0 Å². The van der Waals surface area contributed by atoms with E-state index < -0.39 is 0 Å². The van der Waals surface area contributed by atoms with Crippen molar-refractivity contribution in [2.24, 2.45) is 11.8 Å². The van der Waals surface area contributed by atoms with Gasteiger partial charge in [-0.25, -0.2) is 0 Å². The number of rotatable bonds is 2. The van der Waals surface area contributed by atoms with E-state index >= 15 is 0 Å². The average molecular weight is 168 g/mol. The fourth-order valence-corrected chi connectivity index (χ4v) is 1.91. The van der Waals surface area contributed by atoms with Gasteiger partial charge in [-0.15, -0.1) is 0 Å². The average Bonchev–Trinajstić information content (AvgIpc) is 1.98. The molecule has 0 radical (unpaired) electrons. The van der Waals surface area contributed by atoms with Gasteiger partial charge in [0.25, 0.3) is 0 Å². The molecule has 0 saturated heterocycles. The summed E-state index contributed by atoms with van der Waals surface area (Å²) in [6.45, 7) is 3.53. The molecule has 0 bridgehead atoms. The first kappa shape index (κ1) is 9.43. The third-order valence-electron chi connectivity index (χ3n) is 2.61. The van der Waals surface area contributed by atoms with Crippen LogP contribution >= 0.6 is 0 Å². The van der Waals surface area contributed by atoms with E-state index in [4.69, 9.17) is 0 Å². The molecule has 68 valence electrons. The van der Waals surface area contributed by atoms with Gasteiger partial charge in [0.1, 0.15) is 11.6 Å². The van der Waals surface area contributed by atoms with Crippen LogP contribution in [0.5, 0.6) is 0 Å². The molecule has 0 aromatic rings. The van der Waals surface area contributed by atoms with Crippen molar-refractivity contribution in [3.8, 4) is 0 Å². The molecule has 1 aliphatic rings. The normalized spacial score (nSPS) is 30.3. The first-order valence-corrected chi connectivity index (χ1v) is 4.64. The van der Waals surface area contributed by atoms with Gasteiger partial charge in [-0.3, -0.25) is 4.79 Å². The van der Waals surface area contributed by atoms with Crippen molar-refractivity contribution in [3.05, 3.63) is 0 Å². The molecule has 0 aromatic carbocycles. The maximum absolute atomic E-state index is 11.5. The van der Waals surface area contributed by atoms with E-state index in [1.165, 1.54) is 0 Å². The highest BCUT2D eigenvalue weighted by Crippen LogP contribution is 2.27. The van der Waals surface area contributed by atoms with Crippen LogP contribution in [0.25, 0.3) is 0 Å². The number of hydrogen-bond acceptors (Lipinski definition) is 2. The SMILES string of the molecule is CC(=O)CC1CCCC(C)C1=O. The van der Waals surface area contributed by atoms with Gasteiger partial charge in [-0.2, -0.15) is 0 Å². The second-order valence-electron chi connectivity index (χ2n) is 3.84. The molecule has 1 aliphatic carbocycles. The maximum atomic E-state index is 11.5. The predicted octanol–water partition coefficient (Wildman–Crippen LogP) is 1.97. The van der Waals surface area contributed by atoms with Crippen LogP contribution in [0.1, 0.15) is 39.5 Å². The van der Waals surface area contributed by atoms with Crippen LogP contribution in [-0.4, -0.2) is 11.6 Å². The first-order valence-electron chi connectivity index (χ1n) is 4.64. The minimum atomic E-state index is 0.0336. The second kappa shape index (κ2) is 3.83. The Labute approximate surface area is 73.3 Å². The molecule has 0 aromatic heterocycles. The fourth-order valence-electron chi connectivity index (χ4n) is 1.91. The summed E-state index contributed by atoms with van der Waals surface area (Å²) in [5.74, 6) is 0.660. The zero-order valence-electron chi connectivity index (χ0n) is 7.80. The Morgan fingerprint density at radius 3 is 2.75 bits per heavy atom. The van der Waals surface area contributed by atoms with Gasteiger partial charge in [0, 0.05) is 18.3 Å². The molecule has 2 atom stereocenters. The highest BCUT2D eigenvalue weighted by molar-refractivity contribution is 5.88. The lowest BCUT2D eigenvalue weighted by atomic mass is 9.79. The Hall–Kier alpha value is -0.660. The standard InChI is InChI=1S/C10H16O2/c1-7-4-3-5-9(10(7)12)6-8(2)11/h7,9H,3-6H2,1-2H3. The van der Waals surface area contributed by atoms with Crippen molar-refractivity contribution in [1.82, 2.24) is 0 Å². The van der Waals surface area contributed by atoms with Crippen LogP contribution in [0, 0.1) is 11.8 Å². The zero-order valence-corrected chi connectivity index (χ0v) is 7.80. The van der Waals surface area contributed by atoms with E-state index in [1.54, 1.807) is 6.92 Å². The third kappa shape index (κ3) is 2.16. The molecular weight excluding hydrogens is 152 g/mol. The first-order chi connectivity index (χ1) is 5.61. The minimum absolute atomic E-state index is 0.0336. The largest absolute Gasteiger partial charge is 0.300 e. The van der Waals surface area contributed by atoms with Gasteiger partial charge in [-0.05, 0) is 19.8 Å². The van der Waals surface area contributed by atoms with Crippen molar-refractivity contribution in [1.29, 1.82) is 0 Å². The molecule has 0 N–H and O–H groups in total. The zero-order chi connectivity index (χ0) is 9.14. The lowest BCUT2D eigenvalue weighted by molar-refractivity contribution is -0.131. The van der Waals surface area contributed by atoms with E-state index in [0.717, 1.165) is 19.3 Å². The number of carbonyl (C=O) groups excluding carboxylic acids is 2. The summed E-state index contributed by atoms with van der Waals surface area (Å²) < 4.78 is 0. The van der Waals surface area contributed by atoms with Crippen molar-refractivity contribution in [2.45, 2.75) is 39.5 Å². The molecule has 1 fully saturated rings. The summed E-state index contributed by atoms with van der Waals surface area (Å²) in [5, 5.41) is 0. The second-order valence-corrected chi connectivity index (χ2v) is 3.84. The lowest BCUT2D eigenvalue weighted by Gasteiger charge is -2.24. The smallest absolute Gasteiger partial charge is 0.139 e. The monoisotopic (exact) mass is 168 g/mol. The molecule has 0 aliphatic heterocycles. The number of carbonyl (C=O) groups is 2. The van der Waals surface area contributed by atoms with Crippen LogP contribution < -0.4 is 0 Å².